The maximum absolute atomic E-state index is 5.60. The zero-order valence-electron chi connectivity index (χ0n) is 9.74. The van der Waals surface area contributed by atoms with Gasteiger partial charge in [0.2, 0.25) is 11.8 Å². The number of thioether (sulfide) groups is 1. The number of aromatic nitrogens is 2. The molecule has 5 heteroatoms. The average molecular weight is 241 g/mol. The van der Waals surface area contributed by atoms with Crippen LogP contribution < -0.4 is 5.32 Å². The van der Waals surface area contributed by atoms with E-state index in [2.05, 4.69) is 22.4 Å². The SMILES string of the molecule is CCNCc1nnc(CC2CCSCC2)o1. The minimum atomic E-state index is 0.685. The topological polar surface area (TPSA) is 51.0 Å². The Hall–Kier alpha value is -0.550. The summed E-state index contributed by atoms with van der Waals surface area (Å²) in [6.07, 6.45) is 3.53. The third kappa shape index (κ3) is 3.49. The molecular weight excluding hydrogens is 222 g/mol. The average Bonchev–Trinajstić information content (AvgIpc) is 2.75. The second-order valence-corrected chi connectivity index (χ2v) is 5.35. The largest absolute Gasteiger partial charge is 0.424 e. The van der Waals surface area contributed by atoms with Crippen LogP contribution in [0.3, 0.4) is 0 Å². The Kier molecular flexibility index (Phi) is 4.66. The third-order valence-electron chi connectivity index (χ3n) is 2.84. The minimum Gasteiger partial charge on any atom is -0.424 e. The van der Waals surface area contributed by atoms with Gasteiger partial charge in [0.05, 0.1) is 6.54 Å². The van der Waals surface area contributed by atoms with Gasteiger partial charge in [-0.25, -0.2) is 0 Å². The first kappa shape index (κ1) is 11.9. The number of nitrogens with zero attached hydrogens (tertiary/aromatic N) is 2. The van der Waals surface area contributed by atoms with Crippen LogP contribution in [0.15, 0.2) is 4.42 Å². The molecule has 4 nitrogen and oxygen atoms in total. The molecule has 2 heterocycles. The lowest BCUT2D eigenvalue weighted by molar-refractivity contribution is 0.385. The van der Waals surface area contributed by atoms with E-state index in [0.29, 0.717) is 12.4 Å². The van der Waals surface area contributed by atoms with Crippen molar-refractivity contribution in [3.05, 3.63) is 11.8 Å². The monoisotopic (exact) mass is 241 g/mol. The molecule has 0 amide bonds. The highest BCUT2D eigenvalue weighted by Crippen LogP contribution is 2.25. The van der Waals surface area contributed by atoms with Gasteiger partial charge in [-0.05, 0) is 36.8 Å². The maximum Gasteiger partial charge on any atom is 0.230 e. The summed E-state index contributed by atoms with van der Waals surface area (Å²) in [5, 5.41) is 11.3. The molecule has 0 spiro atoms. The van der Waals surface area contributed by atoms with E-state index < -0.39 is 0 Å². The number of hydrogen-bond acceptors (Lipinski definition) is 5. The molecule has 0 saturated carbocycles. The molecule has 1 fully saturated rings. The van der Waals surface area contributed by atoms with Crippen molar-refractivity contribution in [1.29, 1.82) is 0 Å². The molecule has 1 N–H and O–H groups in total. The zero-order valence-corrected chi connectivity index (χ0v) is 10.6. The zero-order chi connectivity index (χ0) is 11.2. The highest BCUT2D eigenvalue weighted by molar-refractivity contribution is 7.99. The van der Waals surface area contributed by atoms with Gasteiger partial charge in [0.1, 0.15) is 0 Å². The van der Waals surface area contributed by atoms with Crippen molar-refractivity contribution < 1.29 is 4.42 Å². The highest BCUT2D eigenvalue weighted by atomic mass is 32.2. The van der Waals surface area contributed by atoms with Crippen molar-refractivity contribution in [1.82, 2.24) is 15.5 Å². The Bertz CT molecular complexity index is 310. The first-order chi connectivity index (χ1) is 7.88. The van der Waals surface area contributed by atoms with Crippen LogP contribution >= 0.6 is 11.8 Å². The van der Waals surface area contributed by atoms with Crippen molar-refractivity contribution >= 4 is 11.8 Å². The second kappa shape index (κ2) is 6.25. The van der Waals surface area contributed by atoms with Crippen molar-refractivity contribution in [3.63, 3.8) is 0 Å². The van der Waals surface area contributed by atoms with Gasteiger partial charge in [0, 0.05) is 6.42 Å². The van der Waals surface area contributed by atoms with Crippen LogP contribution in [0.2, 0.25) is 0 Å². The lowest BCUT2D eigenvalue weighted by Gasteiger charge is -2.19. The van der Waals surface area contributed by atoms with Crippen LogP contribution in [0, 0.1) is 5.92 Å². The highest BCUT2D eigenvalue weighted by Gasteiger charge is 2.17. The molecule has 0 atom stereocenters. The molecule has 0 aromatic carbocycles. The smallest absolute Gasteiger partial charge is 0.230 e. The summed E-state index contributed by atoms with van der Waals surface area (Å²) in [7, 11) is 0. The Labute approximate surface area is 101 Å². The molecule has 1 aliphatic rings. The summed E-state index contributed by atoms with van der Waals surface area (Å²) in [6, 6.07) is 0. The summed E-state index contributed by atoms with van der Waals surface area (Å²) in [5.41, 5.74) is 0. The molecule has 0 aliphatic carbocycles. The predicted octanol–water partition coefficient (Wildman–Crippen LogP) is 1.86. The van der Waals surface area contributed by atoms with E-state index in [0.717, 1.165) is 24.8 Å². The van der Waals surface area contributed by atoms with Crippen molar-refractivity contribution in [2.45, 2.75) is 32.7 Å². The van der Waals surface area contributed by atoms with Crippen LogP contribution in [-0.2, 0) is 13.0 Å². The lowest BCUT2D eigenvalue weighted by atomic mass is 9.99. The van der Waals surface area contributed by atoms with Crippen LogP contribution in [0.5, 0.6) is 0 Å². The van der Waals surface area contributed by atoms with Gasteiger partial charge in [0.25, 0.3) is 0 Å². The molecule has 0 unspecified atom stereocenters. The third-order valence-corrected chi connectivity index (χ3v) is 3.89. The molecule has 0 radical (unpaired) electrons. The molecule has 1 saturated heterocycles. The lowest BCUT2D eigenvalue weighted by Crippen LogP contribution is -2.12. The van der Waals surface area contributed by atoms with Crippen molar-refractivity contribution in [3.8, 4) is 0 Å². The fourth-order valence-electron chi connectivity index (χ4n) is 1.87. The van der Waals surface area contributed by atoms with E-state index in [9.17, 15) is 0 Å². The normalized spacial score (nSPS) is 17.8. The number of rotatable bonds is 5. The van der Waals surface area contributed by atoms with Gasteiger partial charge < -0.3 is 9.73 Å². The molecule has 90 valence electrons. The number of hydrogen-bond donors (Lipinski definition) is 1. The Morgan fingerprint density at radius 2 is 2.06 bits per heavy atom. The van der Waals surface area contributed by atoms with Crippen LogP contribution in [0.4, 0.5) is 0 Å². The predicted molar refractivity (Wildman–Crippen MR) is 65.4 cm³/mol. The van der Waals surface area contributed by atoms with Crippen LogP contribution in [0.25, 0.3) is 0 Å². The Morgan fingerprint density at radius 1 is 1.31 bits per heavy atom. The van der Waals surface area contributed by atoms with Crippen LogP contribution in [0.1, 0.15) is 31.5 Å². The standard InChI is InChI=1S/C11H19N3OS/c1-2-12-8-11-14-13-10(15-11)7-9-3-5-16-6-4-9/h9,12H,2-8H2,1H3. The summed E-state index contributed by atoms with van der Waals surface area (Å²) >= 11 is 2.05. The van der Waals surface area contributed by atoms with E-state index in [1.54, 1.807) is 0 Å². The summed E-state index contributed by atoms with van der Waals surface area (Å²) in [4.78, 5) is 0. The van der Waals surface area contributed by atoms with Gasteiger partial charge in [0.15, 0.2) is 0 Å². The summed E-state index contributed by atoms with van der Waals surface area (Å²) in [6.45, 7) is 3.68. The van der Waals surface area contributed by atoms with Gasteiger partial charge >= 0.3 is 0 Å². The Balaban J connectivity index is 1.81. The van der Waals surface area contributed by atoms with E-state index >= 15 is 0 Å². The van der Waals surface area contributed by atoms with E-state index in [-0.39, 0.29) is 0 Å². The fraction of sp³-hybridized carbons (Fsp3) is 0.818. The summed E-state index contributed by atoms with van der Waals surface area (Å²) in [5.74, 6) is 4.83. The first-order valence-corrected chi connectivity index (χ1v) is 7.13. The van der Waals surface area contributed by atoms with Gasteiger partial charge in [-0.2, -0.15) is 11.8 Å². The maximum atomic E-state index is 5.60. The fourth-order valence-corrected chi connectivity index (χ4v) is 3.08. The van der Waals surface area contributed by atoms with Gasteiger partial charge in [-0.15, -0.1) is 10.2 Å². The molecule has 1 aromatic rings. The quantitative estimate of drug-likeness (QED) is 0.853. The molecule has 0 bridgehead atoms. The van der Waals surface area contributed by atoms with E-state index in [1.165, 1.54) is 24.3 Å². The van der Waals surface area contributed by atoms with Crippen molar-refractivity contribution in [2.75, 3.05) is 18.1 Å². The second-order valence-electron chi connectivity index (χ2n) is 4.13. The molecule has 1 aromatic heterocycles. The van der Waals surface area contributed by atoms with E-state index in [4.69, 9.17) is 4.42 Å². The minimum absolute atomic E-state index is 0.685. The summed E-state index contributed by atoms with van der Waals surface area (Å²) < 4.78 is 5.60. The van der Waals surface area contributed by atoms with Crippen LogP contribution in [-0.4, -0.2) is 28.2 Å². The number of nitrogens with one attached hydrogen (secondary N) is 1. The van der Waals surface area contributed by atoms with Gasteiger partial charge in [-0.3, -0.25) is 0 Å². The van der Waals surface area contributed by atoms with E-state index in [1.807, 2.05) is 11.8 Å². The van der Waals surface area contributed by atoms with Crippen molar-refractivity contribution in [2.24, 2.45) is 5.92 Å². The Morgan fingerprint density at radius 3 is 2.81 bits per heavy atom. The molecular formula is C11H19N3OS. The first-order valence-electron chi connectivity index (χ1n) is 5.98. The molecule has 1 aliphatic heterocycles. The van der Waals surface area contributed by atoms with Gasteiger partial charge in [-0.1, -0.05) is 6.92 Å². The molecule has 2 rings (SSSR count). The molecule has 16 heavy (non-hydrogen) atoms.